The maximum atomic E-state index is 11.4. The number of ether oxygens (including phenoxy) is 1. The van der Waals surface area contributed by atoms with Crippen LogP contribution in [0.15, 0.2) is 11.1 Å². The Morgan fingerprint density at radius 2 is 2.33 bits per heavy atom. The molecular weight excluding hydrogens is 200 g/mol. The SMILES string of the molecule is COC(=O)c1nn2nc[nH]c(=O)c2c1C. The van der Waals surface area contributed by atoms with E-state index in [0.29, 0.717) is 5.56 Å². The van der Waals surface area contributed by atoms with Crippen LogP contribution >= 0.6 is 0 Å². The number of nitrogens with one attached hydrogen (secondary N) is 1. The molecule has 0 amide bonds. The monoisotopic (exact) mass is 208 g/mol. The summed E-state index contributed by atoms with van der Waals surface area (Å²) >= 11 is 0. The van der Waals surface area contributed by atoms with E-state index >= 15 is 0 Å². The third-order valence-electron chi connectivity index (χ3n) is 2.06. The average Bonchev–Trinajstić information content (AvgIpc) is 2.56. The predicted molar refractivity (Wildman–Crippen MR) is 49.7 cm³/mol. The van der Waals surface area contributed by atoms with Gasteiger partial charge in [0.25, 0.3) is 5.56 Å². The van der Waals surface area contributed by atoms with Crippen LogP contribution < -0.4 is 5.56 Å². The lowest BCUT2D eigenvalue weighted by molar-refractivity contribution is 0.0592. The normalized spacial score (nSPS) is 10.5. The van der Waals surface area contributed by atoms with Crippen LogP contribution in [0.3, 0.4) is 0 Å². The Morgan fingerprint density at radius 3 is 2.93 bits per heavy atom. The molecule has 0 radical (unpaired) electrons. The van der Waals surface area contributed by atoms with E-state index in [1.807, 2.05) is 0 Å². The molecule has 0 aliphatic rings. The number of carbonyl (C=O) groups excluding carboxylic acids is 1. The first-order valence-corrected chi connectivity index (χ1v) is 4.16. The van der Waals surface area contributed by atoms with Gasteiger partial charge in [0, 0.05) is 5.56 Å². The summed E-state index contributed by atoms with van der Waals surface area (Å²) in [6.07, 6.45) is 1.21. The van der Waals surface area contributed by atoms with Gasteiger partial charge in [0.2, 0.25) is 0 Å². The Labute approximate surface area is 83.7 Å². The third kappa shape index (κ3) is 1.28. The van der Waals surface area contributed by atoms with Gasteiger partial charge in [-0.2, -0.15) is 0 Å². The second-order valence-corrected chi connectivity index (χ2v) is 2.92. The molecule has 0 aromatic carbocycles. The minimum absolute atomic E-state index is 0.0988. The van der Waals surface area contributed by atoms with Crippen LogP contribution in [0.1, 0.15) is 16.1 Å². The molecule has 0 saturated heterocycles. The van der Waals surface area contributed by atoms with Gasteiger partial charge in [-0.15, -0.1) is 14.8 Å². The standard InChI is InChI=1S/C8H8N4O3/c1-4-5(8(14)15-2)11-12-6(4)7(13)9-3-10-12/h3H,1-2H3,(H,9,10,13). The van der Waals surface area contributed by atoms with Crippen molar-refractivity contribution in [1.29, 1.82) is 0 Å². The van der Waals surface area contributed by atoms with Crippen molar-refractivity contribution in [3.05, 3.63) is 27.9 Å². The van der Waals surface area contributed by atoms with Gasteiger partial charge in [-0.3, -0.25) is 4.79 Å². The molecule has 1 N–H and O–H groups in total. The van der Waals surface area contributed by atoms with Crippen molar-refractivity contribution in [2.45, 2.75) is 6.92 Å². The van der Waals surface area contributed by atoms with E-state index in [9.17, 15) is 9.59 Å². The Kier molecular flexibility index (Phi) is 2.00. The maximum absolute atomic E-state index is 11.4. The molecule has 15 heavy (non-hydrogen) atoms. The predicted octanol–water partition coefficient (Wildman–Crippen LogP) is -0.487. The molecule has 78 valence electrons. The molecule has 7 heteroatoms. The lowest BCUT2D eigenvalue weighted by Gasteiger charge is -1.92. The Balaban J connectivity index is 2.81. The van der Waals surface area contributed by atoms with Gasteiger partial charge < -0.3 is 9.72 Å². The van der Waals surface area contributed by atoms with E-state index in [2.05, 4.69) is 19.9 Å². The molecule has 0 atom stereocenters. The van der Waals surface area contributed by atoms with Crippen molar-refractivity contribution in [3.8, 4) is 0 Å². The van der Waals surface area contributed by atoms with Gasteiger partial charge in [-0.25, -0.2) is 4.79 Å². The fourth-order valence-corrected chi connectivity index (χ4v) is 1.33. The number of hydrogen-bond acceptors (Lipinski definition) is 5. The van der Waals surface area contributed by atoms with E-state index in [0.717, 1.165) is 4.63 Å². The van der Waals surface area contributed by atoms with Crippen LogP contribution in [-0.4, -0.2) is 32.9 Å². The number of aryl methyl sites for hydroxylation is 1. The molecule has 0 aliphatic carbocycles. The third-order valence-corrected chi connectivity index (χ3v) is 2.06. The van der Waals surface area contributed by atoms with Crippen LogP contribution in [0.2, 0.25) is 0 Å². The summed E-state index contributed by atoms with van der Waals surface area (Å²) in [4.78, 5) is 25.1. The fraction of sp³-hybridized carbons (Fsp3) is 0.250. The van der Waals surface area contributed by atoms with Gasteiger partial charge in [0.1, 0.15) is 6.33 Å². The number of nitrogens with zero attached hydrogens (tertiary/aromatic N) is 3. The molecule has 7 nitrogen and oxygen atoms in total. The van der Waals surface area contributed by atoms with E-state index in [-0.39, 0.29) is 16.8 Å². The van der Waals surface area contributed by atoms with E-state index in [1.165, 1.54) is 13.4 Å². The van der Waals surface area contributed by atoms with Gasteiger partial charge in [0.05, 0.1) is 7.11 Å². The number of fused-ring (bicyclic) bond motifs is 1. The number of esters is 1. The summed E-state index contributed by atoms with van der Waals surface area (Å²) in [7, 11) is 1.25. The number of aromatic nitrogens is 4. The smallest absolute Gasteiger partial charge is 0.358 e. The van der Waals surface area contributed by atoms with E-state index in [1.54, 1.807) is 6.92 Å². The number of rotatable bonds is 1. The molecule has 0 aliphatic heterocycles. The zero-order valence-corrected chi connectivity index (χ0v) is 8.14. The van der Waals surface area contributed by atoms with Gasteiger partial charge in [-0.1, -0.05) is 0 Å². The number of carbonyl (C=O) groups is 1. The highest BCUT2D eigenvalue weighted by Crippen LogP contribution is 2.10. The second-order valence-electron chi connectivity index (χ2n) is 2.92. The van der Waals surface area contributed by atoms with Crippen molar-refractivity contribution >= 4 is 11.5 Å². The number of methoxy groups -OCH3 is 1. The summed E-state index contributed by atoms with van der Waals surface area (Å²) in [6.45, 7) is 1.62. The molecular formula is C8H8N4O3. The zero-order valence-electron chi connectivity index (χ0n) is 8.14. The minimum atomic E-state index is -0.586. The summed E-state index contributed by atoms with van der Waals surface area (Å²) in [5, 5.41) is 7.64. The Bertz CT molecular complexity index is 583. The van der Waals surface area contributed by atoms with Crippen molar-refractivity contribution in [1.82, 2.24) is 19.8 Å². The molecule has 0 bridgehead atoms. The first kappa shape index (κ1) is 9.38. The minimum Gasteiger partial charge on any atom is -0.464 e. The summed E-state index contributed by atoms with van der Waals surface area (Å²) < 4.78 is 5.64. The van der Waals surface area contributed by atoms with Crippen LogP contribution in [0.5, 0.6) is 0 Å². The van der Waals surface area contributed by atoms with E-state index in [4.69, 9.17) is 0 Å². The van der Waals surface area contributed by atoms with E-state index < -0.39 is 5.97 Å². The van der Waals surface area contributed by atoms with Crippen molar-refractivity contribution in [3.63, 3.8) is 0 Å². The quantitative estimate of drug-likeness (QED) is 0.639. The molecule has 2 rings (SSSR count). The van der Waals surface area contributed by atoms with Crippen molar-refractivity contribution < 1.29 is 9.53 Å². The van der Waals surface area contributed by atoms with Gasteiger partial charge >= 0.3 is 5.97 Å². The molecule has 2 heterocycles. The first-order chi connectivity index (χ1) is 7.15. The van der Waals surface area contributed by atoms with Crippen LogP contribution in [0.25, 0.3) is 5.52 Å². The molecule has 2 aromatic rings. The Morgan fingerprint density at radius 1 is 1.60 bits per heavy atom. The molecule has 0 saturated carbocycles. The number of aromatic amines is 1. The first-order valence-electron chi connectivity index (χ1n) is 4.16. The average molecular weight is 208 g/mol. The molecule has 0 unspecified atom stereocenters. The molecule has 0 spiro atoms. The highest BCUT2D eigenvalue weighted by atomic mass is 16.5. The van der Waals surface area contributed by atoms with Crippen LogP contribution in [-0.2, 0) is 4.74 Å². The topological polar surface area (TPSA) is 89.3 Å². The number of hydrogen-bond donors (Lipinski definition) is 1. The lowest BCUT2D eigenvalue weighted by Crippen LogP contribution is -2.11. The number of H-pyrrole nitrogens is 1. The van der Waals surface area contributed by atoms with Crippen molar-refractivity contribution in [2.75, 3.05) is 7.11 Å². The zero-order chi connectivity index (χ0) is 11.0. The summed E-state index contributed by atoms with van der Waals surface area (Å²) in [5.74, 6) is -0.586. The highest BCUT2D eigenvalue weighted by Gasteiger charge is 2.18. The van der Waals surface area contributed by atoms with Gasteiger partial charge in [0.15, 0.2) is 11.2 Å². The Hall–Kier alpha value is -2.18. The van der Waals surface area contributed by atoms with Crippen LogP contribution in [0, 0.1) is 6.92 Å². The van der Waals surface area contributed by atoms with Gasteiger partial charge in [-0.05, 0) is 6.92 Å². The maximum Gasteiger partial charge on any atom is 0.358 e. The largest absolute Gasteiger partial charge is 0.464 e. The lowest BCUT2D eigenvalue weighted by atomic mass is 10.2. The fourth-order valence-electron chi connectivity index (χ4n) is 1.33. The second kappa shape index (κ2) is 3.19. The van der Waals surface area contributed by atoms with Crippen LogP contribution in [0.4, 0.5) is 0 Å². The summed E-state index contributed by atoms with van der Waals surface area (Å²) in [5.41, 5.74) is 0.459. The molecule has 0 fully saturated rings. The van der Waals surface area contributed by atoms with Crippen molar-refractivity contribution in [2.24, 2.45) is 0 Å². The summed E-state index contributed by atoms with van der Waals surface area (Å²) in [6, 6.07) is 0. The molecule has 2 aromatic heterocycles. The highest BCUT2D eigenvalue weighted by molar-refractivity contribution is 5.90.